The molecule has 0 unspecified atom stereocenters. The number of benzene rings is 3. The van der Waals surface area contributed by atoms with Crippen molar-refractivity contribution in [3.8, 4) is 5.88 Å². The fourth-order valence-corrected chi connectivity index (χ4v) is 6.33. The lowest BCUT2D eigenvalue weighted by atomic mass is 10.0. The number of H-pyrrole nitrogens is 1. The lowest BCUT2D eigenvalue weighted by molar-refractivity contribution is 0.0935. The molecule has 1 amide bonds. The van der Waals surface area contributed by atoms with Crippen LogP contribution in [-0.2, 0) is 6.54 Å². The van der Waals surface area contributed by atoms with Crippen LogP contribution >= 0.6 is 11.3 Å². The number of amides is 1. The van der Waals surface area contributed by atoms with E-state index in [9.17, 15) is 9.90 Å². The molecule has 3 N–H and O–H groups in total. The molecule has 0 saturated carbocycles. The summed E-state index contributed by atoms with van der Waals surface area (Å²) in [5.74, 6) is -0.128. The van der Waals surface area contributed by atoms with E-state index < -0.39 is 0 Å². The largest absolute Gasteiger partial charge is 0.494 e. The molecule has 6 rings (SSSR count). The first-order chi connectivity index (χ1) is 21.0. The molecule has 5 aromatic rings. The van der Waals surface area contributed by atoms with E-state index in [1.54, 1.807) is 17.4 Å². The molecule has 1 aliphatic heterocycles. The van der Waals surface area contributed by atoms with Crippen LogP contribution in [0.2, 0.25) is 0 Å². The van der Waals surface area contributed by atoms with E-state index in [0.717, 1.165) is 66.9 Å². The predicted octanol–water partition coefficient (Wildman–Crippen LogP) is 6.73. The summed E-state index contributed by atoms with van der Waals surface area (Å²) in [6.07, 6.45) is 0.775. The average molecular weight is 592 g/mol. The van der Waals surface area contributed by atoms with Crippen molar-refractivity contribution < 1.29 is 9.90 Å². The smallest absolute Gasteiger partial charge is 0.251 e. The van der Waals surface area contributed by atoms with Crippen molar-refractivity contribution in [1.82, 2.24) is 20.1 Å². The fourth-order valence-electron chi connectivity index (χ4n) is 5.69. The molecule has 0 spiro atoms. The Kier molecular flexibility index (Phi) is 8.69. The summed E-state index contributed by atoms with van der Waals surface area (Å²) in [5, 5.41) is 19.2. The van der Waals surface area contributed by atoms with Gasteiger partial charge in [-0.3, -0.25) is 9.69 Å². The number of aromatic amines is 1. The van der Waals surface area contributed by atoms with Crippen molar-refractivity contribution in [2.24, 2.45) is 4.99 Å². The molecular weight excluding hydrogens is 554 g/mol. The SMILES string of the molecule is CC[C@@H](NC(=O)c1ccc2[nH]c(O)c(C(=Nc3cccc(CN4CCN(C)CC4)c3)c3ccsc3)c2c1)c1ccccc1. The van der Waals surface area contributed by atoms with Crippen LogP contribution in [0.1, 0.15) is 52.0 Å². The number of carbonyl (C=O) groups is 1. The number of carbonyl (C=O) groups excluding carboxylic acids is 1. The number of piperazine rings is 1. The van der Waals surface area contributed by atoms with Gasteiger partial charge in [0.25, 0.3) is 5.91 Å². The van der Waals surface area contributed by atoms with Crippen LogP contribution < -0.4 is 5.32 Å². The third kappa shape index (κ3) is 6.57. The second kappa shape index (κ2) is 13.0. The number of aliphatic imine (C=N–C) groups is 1. The standard InChI is InChI=1S/C35H37N5O2S/c1-3-30(25-9-5-4-6-10-25)37-34(41)26-12-13-31-29(21-26)32(35(42)38-31)33(27-14-19-43-23-27)36-28-11-7-8-24(20-28)22-40-17-15-39(2)16-18-40/h4-14,19-21,23,30,38,42H,3,15-18,22H2,1-2H3,(H,37,41)/t30-/m1/s1. The molecule has 1 aliphatic rings. The molecule has 1 atom stereocenters. The summed E-state index contributed by atoms with van der Waals surface area (Å²) >= 11 is 1.58. The number of fused-ring (bicyclic) bond motifs is 1. The van der Waals surface area contributed by atoms with Crippen LogP contribution in [0.5, 0.6) is 5.88 Å². The number of likely N-dealkylation sites (N-methyl/N-ethyl adjacent to an activating group) is 1. The zero-order valence-corrected chi connectivity index (χ0v) is 25.4. The van der Waals surface area contributed by atoms with Crippen molar-refractivity contribution in [2.75, 3.05) is 33.2 Å². The third-order valence-electron chi connectivity index (χ3n) is 8.14. The maximum Gasteiger partial charge on any atom is 0.251 e. The number of nitrogens with zero attached hydrogens (tertiary/aromatic N) is 3. The van der Waals surface area contributed by atoms with Crippen molar-refractivity contribution in [3.05, 3.63) is 117 Å². The number of hydrogen-bond donors (Lipinski definition) is 3. The highest BCUT2D eigenvalue weighted by atomic mass is 32.1. The van der Waals surface area contributed by atoms with Crippen LogP contribution in [0.25, 0.3) is 10.9 Å². The van der Waals surface area contributed by atoms with Crippen LogP contribution in [0.15, 0.2) is 94.6 Å². The van der Waals surface area contributed by atoms with Gasteiger partial charge < -0.3 is 20.3 Å². The minimum Gasteiger partial charge on any atom is -0.494 e. The fraction of sp³-hybridized carbons (Fsp3) is 0.257. The first kappa shape index (κ1) is 28.9. The molecule has 1 fully saturated rings. The Bertz CT molecular complexity index is 1720. The van der Waals surface area contributed by atoms with Gasteiger partial charge in [-0.1, -0.05) is 49.4 Å². The normalized spacial score (nSPS) is 15.5. The van der Waals surface area contributed by atoms with Crippen molar-refractivity contribution >= 4 is 39.5 Å². The quantitative estimate of drug-likeness (QED) is 0.166. The lowest BCUT2D eigenvalue weighted by Gasteiger charge is -2.32. The van der Waals surface area contributed by atoms with Crippen LogP contribution in [-0.4, -0.2) is 64.7 Å². The van der Waals surface area contributed by atoms with E-state index in [1.165, 1.54) is 5.56 Å². The Morgan fingerprint density at radius 3 is 2.56 bits per heavy atom. The highest BCUT2D eigenvalue weighted by Crippen LogP contribution is 2.33. The van der Waals surface area contributed by atoms with Crippen LogP contribution in [0.4, 0.5) is 5.69 Å². The topological polar surface area (TPSA) is 84.0 Å². The number of aromatic hydroxyl groups is 1. The van der Waals surface area contributed by atoms with Crippen LogP contribution in [0.3, 0.4) is 0 Å². The number of aromatic nitrogens is 1. The molecule has 43 heavy (non-hydrogen) atoms. The molecule has 7 nitrogen and oxygen atoms in total. The van der Waals surface area contributed by atoms with Gasteiger partial charge in [0.05, 0.1) is 23.0 Å². The molecule has 0 bridgehead atoms. The monoisotopic (exact) mass is 591 g/mol. The maximum atomic E-state index is 13.4. The molecule has 3 heterocycles. The van der Waals surface area contributed by atoms with E-state index in [-0.39, 0.29) is 17.8 Å². The van der Waals surface area contributed by atoms with E-state index in [2.05, 4.69) is 46.2 Å². The summed E-state index contributed by atoms with van der Waals surface area (Å²) in [6.45, 7) is 7.19. The van der Waals surface area contributed by atoms with Crippen LogP contribution in [0, 0.1) is 0 Å². The number of hydrogen-bond acceptors (Lipinski definition) is 6. The Morgan fingerprint density at radius 2 is 1.81 bits per heavy atom. The highest BCUT2D eigenvalue weighted by Gasteiger charge is 2.22. The second-order valence-corrected chi connectivity index (χ2v) is 12.0. The number of nitrogens with one attached hydrogen (secondary N) is 2. The van der Waals surface area contributed by atoms with Crippen molar-refractivity contribution in [3.63, 3.8) is 0 Å². The Labute approximate surface area is 256 Å². The molecule has 3 aromatic carbocycles. The summed E-state index contributed by atoms with van der Waals surface area (Å²) in [6, 6.07) is 25.7. The van der Waals surface area contributed by atoms with Gasteiger partial charge in [0.15, 0.2) is 5.88 Å². The summed E-state index contributed by atoms with van der Waals surface area (Å²) in [4.78, 5) is 26.5. The summed E-state index contributed by atoms with van der Waals surface area (Å²) in [5.41, 5.74) is 6.53. The van der Waals surface area contributed by atoms with Gasteiger partial charge in [0, 0.05) is 60.1 Å². The molecule has 0 aliphatic carbocycles. The zero-order valence-electron chi connectivity index (χ0n) is 24.6. The van der Waals surface area contributed by atoms with Gasteiger partial charge in [0.1, 0.15) is 0 Å². The summed E-state index contributed by atoms with van der Waals surface area (Å²) < 4.78 is 0. The maximum absolute atomic E-state index is 13.4. The molecule has 1 saturated heterocycles. The Balaban J connectivity index is 1.34. The van der Waals surface area contributed by atoms with Gasteiger partial charge in [-0.25, -0.2) is 4.99 Å². The Morgan fingerprint density at radius 1 is 1.00 bits per heavy atom. The Hall–Kier alpha value is -4.24. The van der Waals surface area contributed by atoms with Gasteiger partial charge in [-0.05, 0) is 66.4 Å². The molecule has 2 aromatic heterocycles. The third-order valence-corrected chi connectivity index (χ3v) is 8.82. The predicted molar refractivity (Wildman–Crippen MR) is 176 cm³/mol. The highest BCUT2D eigenvalue weighted by molar-refractivity contribution is 7.08. The van der Waals surface area contributed by atoms with Gasteiger partial charge in [-0.15, -0.1) is 0 Å². The second-order valence-electron chi connectivity index (χ2n) is 11.2. The van der Waals surface area contributed by atoms with Crippen molar-refractivity contribution in [1.29, 1.82) is 0 Å². The lowest BCUT2D eigenvalue weighted by Crippen LogP contribution is -2.43. The van der Waals surface area contributed by atoms with E-state index in [1.807, 2.05) is 71.4 Å². The molecule has 220 valence electrons. The minimum absolute atomic E-state index is 0.0295. The first-order valence-corrected chi connectivity index (χ1v) is 15.7. The number of rotatable bonds is 9. The summed E-state index contributed by atoms with van der Waals surface area (Å²) in [7, 11) is 2.17. The van der Waals surface area contributed by atoms with Gasteiger partial charge in [-0.2, -0.15) is 11.3 Å². The first-order valence-electron chi connectivity index (χ1n) is 14.8. The number of thiophene rings is 1. The van der Waals surface area contributed by atoms with E-state index >= 15 is 0 Å². The van der Waals surface area contributed by atoms with Crippen molar-refractivity contribution in [2.45, 2.75) is 25.9 Å². The van der Waals surface area contributed by atoms with Gasteiger partial charge >= 0.3 is 0 Å². The van der Waals surface area contributed by atoms with E-state index in [4.69, 9.17) is 4.99 Å². The molecule has 0 radical (unpaired) electrons. The molecule has 8 heteroatoms. The minimum atomic E-state index is -0.158. The average Bonchev–Trinajstić information content (AvgIpc) is 3.68. The van der Waals surface area contributed by atoms with E-state index in [0.29, 0.717) is 16.8 Å². The molecular formula is C35H37N5O2S. The van der Waals surface area contributed by atoms with Gasteiger partial charge in [0.2, 0.25) is 0 Å². The zero-order chi connectivity index (χ0) is 29.8.